The molecule has 0 saturated heterocycles. The normalized spacial score (nSPS) is 12.1. The van der Waals surface area contributed by atoms with Crippen LogP contribution in [0.1, 0.15) is 22.9 Å². The van der Waals surface area contributed by atoms with E-state index in [9.17, 15) is 9.90 Å². The van der Waals surface area contributed by atoms with Gasteiger partial charge in [-0.25, -0.2) is 0 Å². The lowest BCUT2D eigenvalue weighted by molar-refractivity contribution is -0.138. The van der Waals surface area contributed by atoms with Crippen molar-refractivity contribution >= 4 is 5.97 Å². The summed E-state index contributed by atoms with van der Waals surface area (Å²) in [5, 5.41) is 12.5. The average molecular weight is 270 g/mol. The summed E-state index contributed by atoms with van der Waals surface area (Å²) in [5.41, 5.74) is 2.69. The molecule has 0 aliphatic carbocycles. The molecule has 1 aromatic carbocycles. The summed E-state index contributed by atoms with van der Waals surface area (Å²) in [6.45, 7) is 2.89. The zero-order valence-electron chi connectivity index (χ0n) is 11.4. The number of nitrogens with one attached hydrogen (secondary N) is 1. The van der Waals surface area contributed by atoms with Gasteiger partial charge in [-0.2, -0.15) is 0 Å². The highest BCUT2D eigenvalue weighted by atomic mass is 16.4. The van der Waals surface area contributed by atoms with E-state index in [1.807, 2.05) is 55.5 Å². The fourth-order valence-corrected chi connectivity index (χ4v) is 2.08. The van der Waals surface area contributed by atoms with E-state index < -0.39 is 11.9 Å². The summed E-state index contributed by atoms with van der Waals surface area (Å²) in [6.07, 6.45) is 0. The SMILES string of the molecule is Cc1cccc(CNCC(C(=O)O)c2ccccc2)n1. The van der Waals surface area contributed by atoms with Crippen molar-refractivity contribution in [3.63, 3.8) is 0 Å². The third-order valence-corrected chi connectivity index (χ3v) is 3.10. The molecule has 0 aliphatic heterocycles. The van der Waals surface area contributed by atoms with E-state index in [1.54, 1.807) is 0 Å². The maximum absolute atomic E-state index is 11.3. The first-order valence-electron chi connectivity index (χ1n) is 6.58. The molecule has 20 heavy (non-hydrogen) atoms. The summed E-state index contributed by atoms with van der Waals surface area (Å²) < 4.78 is 0. The molecule has 2 rings (SSSR count). The number of aromatic nitrogens is 1. The van der Waals surface area contributed by atoms with Crippen LogP contribution in [0.25, 0.3) is 0 Å². The van der Waals surface area contributed by atoms with E-state index in [0.717, 1.165) is 17.0 Å². The number of nitrogens with zero attached hydrogens (tertiary/aromatic N) is 1. The predicted molar refractivity (Wildman–Crippen MR) is 77.5 cm³/mol. The first-order valence-corrected chi connectivity index (χ1v) is 6.58. The van der Waals surface area contributed by atoms with Gasteiger partial charge in [0.2, 0.25) is 0 Å². The number of aryl methyl sites for hydroxylation is 1. The Balaban J connectivity index is 1.95. The Morgan fingerprint density at radius 1 is 1.20 bits per heavy atom. The molecule has 0 fully saturated rings. The van der Waals surface area contributed by atoms with E-state index in [2.05, 4.69) is 10.3 Å². The first kappa shape index (κ1) is 14.2. The highest BCUT2D eigenvalue weighted by molar-refractivity contribution is 5.76. The van der Waals surface area contributed by atoms with Crippen molar-refractivity contribution in [1.29, 1.82) is 0 Å². The first-order chi connectivity index (χ1) is 9.66. The topological polar surface area (TPSA) is 62.2 Å². The van der Waals surface area contributed by atoms with Crippen LogP contribution in [0, 0.1) is 6.92 Å². The van der Waals surface area contributed by atoms with Crippen molar-refractivity contribution in [2.45, 2.75) is 19.4 Å². The fourth-order valence-electron chi connectivity index (χ4n) is 2.08. The highest BCUT2D eigenvalue weighted by Crippen LogP contribution is 2.14. The van der Waals surface area contributed by atoms with Gasteiger partial charge in [-0.1, -0.05) is 36.4 Å². The monoisotopic (exact) mass is 270 g/mol. The molecular formula is C16H18N2O2. The Bertz CT molecular complexity index is 570. The standard InChI is InChI=1S/C16H18N2O2/c1-12-6-5-9-14(18-12)10-17-11-15(16(19)20)13-7-3-2-4-8-13/h2-9,15,17H,10-11H2,1H3,(H,19,20). The minimum atomic E-state index is -0.819. The van der Waals surface area contributed by atoms with Gasteiger partial charge in [-0.3, -0.25) is 9.78 Å². The molecule has 2 N–H and O–H groups in total. The molecule has 0 amide bonds. The Morgan fingerprint density at radius 3 is 2.60 bits per heavy atom. The number of rotatable bonds is 6. The summed E-state index contributed by atoms with van der Waals surface area (Å²) in [6, 6.07) is 15.1. The van der Waals surface area contributed by atoms with Crippen LogP contribution in [0.5, 0.6) is 0 Å². The summed E-state index contributed by atoms with van der Waals surface area (Å²) >= 11 is 0. The average Bonchev–Trinajstić information content (AvgIpc) is 2.44. The molecule has 2 aromatic rings. The zero-order valence-corrected chi connectivity index (χ0v) is 11.4. The molecule has 1 aromatic heterocycles. The molecule has 0 spiro atoms. The van der Waals surface area contributed by atoms with Crippen molar-refractivity contribution in [2.75, 3.05) is 6.54 Å². The number of carboxylic acids is 1. The zero-order chi connectivity index (χ0) is 14.4. The number of carbonyl (C=O) groups is 1. The van der Waals surface area contributed by atoms with Gasteiger partial charge in [-0.15, -0.1) is 0 Å². The lowest BCUT2D eigenvalue weighted by Gasteiger charge is -2.13. The largest absolute Gasteiger partial charge is 0.481 e. The van der Waals surface area contributed by atoms with E-state index in [-0.39, 0.29) is 0 Å². The molecule has 1 atom stereocenters. The van der Waals surface area contributed by atoms with E-state index in [4.69, 9.17) is 0 Å². The minimum absolute atomic E-state index is 0.384. The molecule has 0 saturated carbocycles. The van der Waals surface area contributed by atoms with Crippen LogP contribution in [-0.2, 0) is 11.3 Å². The number of benzene rings is 1. The molecule has 0 radical (unpaired) electrons. The molecule has 4 nitrogen and oxygen atoms in total. The molecule has 4 heteroatoms. The molecule has 104 valence electrons. The van der Waals surface area contributed by atoms with Gasteiger partial charge in [0.1, 0.15) is 0 Å². The smallest absolute Gasteiger partial charge is 0.312 e. The van der Waals surface area contributed by atoms with Gasteiger partial charge in [0, 0.05) is 18.8 Å². The maximum atomic E-state index is 11.3. The number of hydrogen-bond donors (Lipinski definition) is 2. The summed E-state index contributed by atoms with van der Waals surface area (Å²) in [5.74, 6) is -1.36. The molecule has 1 heterocycles. The molecule has 0 bridgehead atoms. The fraction of sp³-hybridized carbons (Fsp3) is 0.250. The third-order valence-electron chi connectivity index (χ3n) is 3.10. The lowest BCUT2D eigenvalue weighted by Crippen LogP contribution is -2.26. The second-order valence-corrected chi connectivity index (χ2v) is 4.70. The van der Waals surface area contributed by atoms with Gasteiger partial charge < -0.3 is 10.4 Å². The van der Waals surface area contributed by atoms with Crippen molar-refractivity contribution in [1.82, 2.24) is 10.3 Å². The van der Waals surface area contributed by atoms with Gasteiger partial charge in [-0.05, 0) is 24.6 Å². The van der Waals surface area contributed by atoms with Crippen LogP contribution >= 0.6 is 0 Å². The number of carboxylic acid groups (broad SMARTS) is 1. The van der Waals surface area contributed by atoms with Crippen LogP contribution in [0.3, 0.4) is 0 Å². The number of pyridine rings is 1. The van der Waals surface area contributed by atoms with Crippen LogP contribution < -0.4 is 5.32 Å². The molecule has 1 unspecified atom stereocenters. The Morgan fingerprint density at radius 2 is 1.95 bits per heavy atom. The van der Waals surface area contributed by atoms with Crippen LogP contribution in [0.4, 0.5) is 0 Å². The van der Waals surface area contributed by atoms with Crippen LogP contribution in [0.2, 0.25) is 0 Å². The Hall–Kier alpha value is -2.20. The highest BCUT2D eigenvalue weighted by Gasteiger charge is 2.18. The Kier molecular flexibility index (Phi) is 4.85. The van der Waals surface area contributed by atoms with E-state index >= 15 is 0 Å². The maximum Gasteiger partial charge on any atom is 0.312 e. The minimum Gasteiger partial charge on any atom is -0.481 e. The summed E-state index contributed by atoms with van der Waals surface area (Å²) in [4.78, 5) is 15.7. The van der Waals surface area contributed by atoms with Crippen molar-refractivity contribution in [2.24, 2.45) is 0 Å². The second kappa shape index (κ2) is 6.82. The second-order valence-electron chi connectivity index (χ2n) is 4.70. The number of hydrogen-bond acceptors (Lipinski definition) is 3. The van der Waals surface area contributed by atoms with Gasteiger partial charge in [0.15, 0.2) is 0 Å². The van der Waals surface area contributed by atoms with Crippen LogP contribution in [-0.4, -0.2) is 22.6 Å². The summed E-state index contributed by atoms with van der Waals surface area (Å²) in [7, 11) is 0. The third kappa shape index (κ3) is 3.90. The Labute approximate surface area is 118 Å². The van der Waals surface area contributed by atoms with Gasteiger partial charge in [0.25, 0.3) is 0 Å². The predicted octanol–water partition coefficient (Wildman–Crippen LogP) is 2.35. The van der Waals surface area contributed by atoms with E-state index in [1.165, 1.54) is 0 Å². The quantitative estimate of drug-likeness (QED) is 0.845. The van der Waals surface area contributed by atoms with Crippen molar-refractivity contribution in [3.8, 4) is 0 Å². The van der Waals surface area contributed by atoms with Crippen molar-refractivity contribution in [3.05, 3.63) is 65.5 Å². The molecule has 0 aliphatic rings. The van der Waals surface area contributed by atoms with E-state index in [0.29, 0.717) is 13.1 Å². The van der Waals surface area contributed by atoms with Crippen LogP contribution in [0.15, 0.2) is 48.5 Å². The molecular weight excluding hydrogens is 252 g/mol. The lowest BCUT2D eigenvalue weighted by atomic mass is 9.99. The number of aliphatic carboxylic acids is 1. The van der Waals surface area contributed by atoms with Crippen molar-refractivity contribution < 1.29 is 9.90 Å². The van der Waals surface area contributed by atoms with Gasteiger partial charge >= 0.3 is 5.97 Å². The van der Waals surface area contributed by atoms with Gasteiger partial charge in [0.05, 0.1) is 11.6 Å².